The zero-order valence-electron chi connectivity index (χ0n) is 15.6. The second kappa shape index (κ2) is 12.4. The van der Waals surface area contributed by atoms with Crippen LogP contribution in [0, 0.1) is 5.92 Å². The van der Waals surface area contributed by atoms with E-state index >= 15 is 0 Å². The summed E-state index contributed by atoms with van der Waals surface area (Å²) in [5, 5.41) is 3.41. The minimum atomic E-state index is 0. The first kappa shape index (κ1) is 22.0. The van der Waals surface area contributed by atoms with Crippen LogP contribution in [-0.2, 0) is 4.74 Å². The minimum Gasteiger partial charge on any atom is -0.489 e. The molecule has 1 aliphatic heterocycles. The summed E-state index contributed by atoms with van der Waals surface area (Å²) in [6.45, 7) is 8.66. The molecule has 0 spiro atoms. The summed E-state index contributed by atoms with van der Waals surface area (Å²) in [7, 11) is 1.77. The highest BCUT2D eigenvalue weighted by molar-refractivity contribution is 14.0. The molecule has 1 heterocycles. The molecule has 5 nitrogen and oxygen atoms in total. The van der Waals surface area contributed by atoms with Crippen molar-refractivity contribution < 1.29 is 9.47 Å². The van der Waals surface area contributed by atoms with E-state index in [1.54, 1.807) is 7.11 Å². The fraction of sp³-hybridized carbons (Fsp3) is 0.632. The van der Waals surface area contributed by atoms with E-state index in [0.29, 0.717) is 12.5 Å². The van der Waals surface area contributed by atoms with E-state index in [9.17, 15) is 0 Å². The first-order valence-corrected chi connectivity index (χ1v) is 9.00. The van der Waals surface area contributed by atoms with Crippen molar-refractivity contribution in [1.29, 1.82) is 0 Å². The molecule has 6 heteroatoms. The second-order valence-electron chi connectivity index (χ2n) is 6.21. The fourth-order valence-corrected chi connectivity index (χ4v) is 2.95. The molecule has 142 valence electrons. The maximum absolute atomic E-state index is 6.04. The lowest BCUT2D eigenvalue weighted by molar-refractivity contribution is 0.157. The maximum Gasteiger partial charge on any atom is 0.194 e. The Kier molecular flexibility index (Phi) is 10.9. The maximum atomic E-state index is 6.04. The molecule has 2 rings (SSSR count). The molecule has 1 fully saturated rings. The number of benzene rings is 1. The van der Waals surface area contributed by atoms with Crippen LogP contribution in [0.4, 0.5) is 0 Å². The van der Waals surface area contributed by atoms with Crippen molar-refractivity contribution in [1.82, 2.24) is 10.2 Å². The highest BCUT2D eigenvalue weighted by Gasteiger charge is 2.24. The zero-order valence-corrected chi connectivity index (χ0v) is 17.9. The number of para-hydroxylation sites is 1. The summed E-state index contributed by atoms with van der Waals surface area (Å²) in [6.07, 6.45) is 2.19. The van der Waals surface area contributed by atoms with Gasteiger partial charge in [-0.15, -0.1) is 24.0 Å². The number of aliphatic imine (C=N–C) groups is 1. The van der Waals surface area contributed by atoms with Gasteiger partial charge in [-0.3, -0.25) is 0 Å². The molecule has 1 N–H and O–H groups in total. The van der Waals surface area contributed by atoms with E-state index in [0.717, 1.165) is 50.8 Å². The first-order valence-electron chi connectivity index (χ1n) is 9.00. The molecule has 1 saturated heterocycles. The Bertz CT molecular complexity index is 499. The molecule has 1 aromatic rings. The van der Waals surface area contributed by atoms with E-state index in [4.69, 9.17) is 14.5 Å². The van der Waals surface area contributed by atoms with Crippen LogP contribution in [-0.4, -0.2) is 56.9 Å². The van der Waals surface area contributed by atoms with Crippen molar-refractivity contribution in [3.63, 3.8) is 0 Å². The van der Waals surface area contributed by atoms with Crippen molar-refractivity contribution in [3.8, 4) is 5.75 Å². The van der Waals surface area contributed by atoms with Gasteiger partial charge < -0.3 is 19.7 Å². The lowest BCUT2D eigenvalue weighted by Crippen LogP contribution is -2.41. The molecule has 1 aromatic carbocycles. The van der Waals surface area contributed by atoms with Gasteiger partial charge in [-0.1, -0.05) is 25.1 Å². The van der Waals surface area contributed by atoms with Gasteiger partial charge in [0.2, 0.25) is 0 Å². The zero-order chi connectivity index (χ0) is 17.2. The van der Waals surface area contributed by atoms with Crippen LogP contribution < -0.4 is 10.1 Å². The van der Waals surface area contributed by atoms with Crippen molar-refractivity contribution in [2.24, 2.45) is 10.9 Å². The van der Waals surface area contributed by atoms with Crippen molar-refractivity contribution >= 4 is 29.9 Å². The van der Waals surface area contributed by atoms with Crippen LogP contribution in [0.15, 0.2) is 35.3 Å². The Balaban J connectivity index is 0.00000312. The van der Waals surface area contributed by atoms with Gasteiger partial charge in [-0.25, -0.2) is 4.99 Å². The van der Waals surface area contributed by atoms with Crippen LogP contribution in [0.3, 0.4) is 0 Å². The quantitative estimate of drug-likeness (QED) is 0.366. The summed E-state index contributed by atoms with van der Waals surface area (Å²) in [6, 6.07) is 9.98. The average molecular weight is 461 g/mol. The summed E-state index contributed by atoms with van der Waals surface area (Å²) >= 11 is 0. The Hall–Kier alpha value is -1.02. The Morgan fingerprint density at radius 2 is 2.08 bits per heavy atom. The van der Waals surface area contributed by atoms with Gasteiger partial charge in [0.15, 0.2) is 5.96 Å². The molecule has 0 radical (unpaired) electrons. The highest BCUT2D eigenvalue weighted by Crippen LogP contribution is 2.17. The van der Waals surface area contributed by atoms with Crippen LogP contribution >= 0.6 is 24.0 Å². The summed E-state index contributed by atoms with van der Waals surface area (Å²) in [5.41, 5.74) is 0. The molecule has 2 atom stereocenters. The first-order chi connectivity index (χ1) is 11.8. The molecule has 0 aromatic heterocycles. The van der Waals surface area contributed by atoms with Gasteiger partial charge in [0.05, 0.1) is 13.2 Å². The van der Waals surface area contributed by atoms with Gasteiger partial charge >= 0.3 is 0 Å². The largest absolute Gasteiger partial charge is 0.489 e. The number of likely N-dealkylation sites (tertiary alicyclic amines) is 1. The topological polar surface area (TPSA) is 46.1 Å². The lowest BCUT2D eigenvalue weighted by Gasteiger charge is -2.23. The number of hydrogen-bond donors (Lipinski definition) is 1. The summed E-state index contributed by atoms with van der Waals surface area (Å²) < 4.78 is 11.3. The molecule has 0 saturated carbocycles. The van der Waals surface area contributed by atoms with Crippen molar-refractivity contribution in [2.45, 2.75) is 32.8 Å². The number of methoxy groups -OCH3 is 1. The monoisotopic (exact) mass is 461 g/mol. The van der Waals surface area contributed by atoms with Gasteiger partial charge in [-0.2, -0.15) is 0 Å². The smallest absolute Gasteiger partial charge is 0.194 e. The van der Waals surface area contributed by atoms with E-state index in [-0.39, 0.29) is 30.1 Å². The lowest BCUT2D eigenvalue weighted by atomic mass is 10.1. The predicted molar refractivity (Wildman–Crippen MR) is 114 cm³/mol. The van der Waals surface area contributed by atoms with E-state index in [1.165, 1.54) is 0 Å². The number of guanidine groups is 1. The van der Waals surface area contributed by atoms with E-state index in [1.807, 2.05) is 30.3 Å². The molecule has 0 bridgehead atoms. The van der Waals surface area contributed by atoms with Gasteiger partial charge in [0, 0.05) is 32.7 Å². The Morgan fingerprint density at radius 1 is 1.32 bits per heavy atom. The molecule has 1 aliphatic rings. The Morgan fingerprint density at radius 3 is 2.72 bits per heavy atom. The van der Waals surface area contributed by atoms with Crippen LogP contribution in [0.25, 0.3) is 0 Å². The third kappa shape index (κ3) is 7.40. The van der Waals surface area contributed by atoms with Crippen molar-refractivity contribution in [3.05, 3.63) is 30.3 Å². The predicted octanol–water partition coefficient (Wildman–Crippen LogP) is 3.40. The summed E-state index contributed by atoms with van der Waals surface area (Å²) in [5.74, 6) is 2.50. The molecule has 2 unspecified atom stereocenters. The fourth-order valence-electron chi connectivity index (χ4n) is 2.95. The third-order valence-corrected chi connectivity index (χ3v) is 4.27. The molecule has 0 aliphatic carbocycles. The number of hydrogen-bond acceptors (Lipinski definition) is 3. The Labute approximate surface area is 169 Å². The van der Waals surface area contributed by atoms with E-state index < -0.39 is 0 Å². The van der Waals surface area contributed by atoms with Gasteiger partial charge in [-0.05, 0) is 31.9 Å². The van der Waals surface area contributed by atoms with Crippen LogP contribution in [0.1, 0.15) is 26.7 Å². The minimum absolute atomic E-state index is 0. The second-order valence-corrected chi connectivity index (χ2v) is 6.21. The molecular weight excluding hydrogens is 429 g/mol. The van der Waals surface area contributed by atoms with Gasteiger partial charge in [0.1, 0.15) is 11.9 Å². The average Bonchev–Trinajstić information content (AvgIpc) is 3.07. The van der Waals surface area contributed by atoms with Gasteiger partial charge in [0.25, 0.3) is 0 Å². The van der Waals surface area contributed by atoms with E-state index in [2.05, 4.69) is 24.1 Å². The molecular formula is C19H32IN3O2. The summed E-state index contributed by atoms with van der Waals surface area (Å²) in [4.78, 5) is 7.16. The molecule has 25 heavy (non-hydrogen) atoms. The molecule has 0 amide bonds. The standard InChI is InChI=1S/C19H31N3O2.HI/c1-4-17(24-18-9-7-6-8-10-18)13-21-19(20-5-2)22-12-11-16(14-22)15-23-3;/h6-10,16-17H,4-5,11-15H2,1-3H3,(H,20,21);1H. The number of nitrogens with zero attached hydrogens (tertiary/aromatic N) is 2. The highest BCUT2D eigenvalue weighted by atomic mass is 127. The van der Waals surface area contributed by atoms with Crippen molar-refractivity contribution in [2.75, 3.05) is 39.9 Å². The number of rotatable bonds is 8. The van der Waals surface area contributed by atoms with Crippen LogP contribution in [0.2, 0.25) is 0 Å². The van der Waals surface area contributed by atoms with Crippen LogP contribution in [0.5, 0.6) is 5.75 Å². The number of halogens is 1. The normalized spacial score (nSPS) is 18.6. The third-order valence-electron chi connectivity index (χ3n) is 4.27. The number of nitrogens with one attached hydrogen (secondary N) is 1. The number of ether oxygens (including phenoxy) is 2. The SMILES string of the molecule is CCNC(=NCC(CC)Oc1ccccc1)N1CCC(COC)C1.I.